The number of aromatic nitrogens is 2. The topological polar surface area (TPSA) is 62.8 Å². The molecule has 1 aromatic rings. The lowest BCUT2D eigenvalue weighted by Gasteiger charge is -1.91. The molecule has 0 aliphatic heterocycles. The molecule has 1 heterocycles. The highest BCUT2D eigenvalue weighted by atomic mass is 32.2. The molecule has 1 aromatic heterocycles. The van der Waals surface area contributed by atoms with Crippen LogP contribution < -0.4 is 0 Å². The Hall–Kier alpha value is -0.840. The first kappa shape index (κ1) is 7.27. The van der Waals surface area contributed by atoms with E-state index in [4.69, 9.17) is 0 Å². The molecule has 0 aliphatic carbocycles. The largest absolute Gasteiger partial charge is 0.336 e. The molecule has 5 heteroatoms. The Morgan fingerprint density at radius 2 is 2.40 bits per heavy atom. The first-order chi connectivity index (χ1) is 4.67. The Labute approximate surface area is 59.2 Å². The van der Waals surface area contributed by atoms with E-state index < -0.39 is 9.84 Å². The smallest absolute Gasteiger partial charge is 0.225 e. The molecule has 0 fully saturated rings. The number of H-pyrrole nitrogens is 1. The van der Waals surface area contributed by atoms with Gasteiger partial charge in [0.1, 0.15) is 0 Å². The summed E-state index contributed by atoms with van der Waals surface area (Å²) in [7, 11) is -3.25. The van der Waals surface area contributed by atoms with Gasteiger partial charge in [0, 0.05) is 12.4 Å². The van der Waals surface area contributed by atoms with E-state index in [-0.39, 0.29) is 5.16 Å². The Kier molecular flexibility index (Phi) is 1.76. The van der Waals surface area contributed by atoms with Gasteiger partial charge in [0.25, 0.3) is 0 Å². The molecule has 1 N–H and O–H groups in total. The van der Waals surface area contributed by atoms with Gasteiger partial charge in [-0.05, 0) is 6.92 Å². The average molecular weight is 159 g/mol. The number of hydrogen-bond acceptors (Lipinski definition) is 3. The van der Waals surface area contributed by atoms with Gasteiger partial charge in [0.2, 0.25) is 15.0 Å². The van der Waals surface area contributed by atoms with Crippen LogP contribution in [-0.4, -0.2) is 18.4 Å². The molecule has 1 rings (SSSR count). The quantitative estimate of drug-likeness (QED) is 0.677. The molecule has 0 bridgehead atoms. The number of hydrogen-bond donors (Lipinski definition) is 1. The van der Waals surface area contributed by atoms with Gasteiger partial charge < -0.3 is 4.98 Å². The van der Waals surface area contributed by atoms with Gasteiger partial charge in [-0.15, -0.1) is 0 Å². The number of nitrogens with zero attached hydrogens (tertiary/aromatic N) is 1. The SMILES string of the molecule is C[CH]S(=O)(=O)c1ncc[nH]1. The molecular formula is C5H7N2O2S. The van der Waals surface area contributed by atoms with Crippen molar-refractivity contribution in [1.29, 1.82) is 0 Å². The number of aromatic amines is 1. The van der Waals surface area contributed by atoms with Crippen molar-refractivity contribution in [2.24, 2.45) is 0 Å². The van der Waals surface area contributed by atoms with E-state index in [0.717, 1.165) is 5.75 Å². The van der Waals surface area contributed by atoms with Crippen molar-refractivity contribution >= 4 is 9.84 Å². The second-order valence-electron chi connectivity index (χ2n) is 1.68. The van der Waals surface area contributed by atoms with Crippen LogP contribution in [0.15, 0.2) is 17.6 Å². The predicted molar refractivity (Wildman–Crippen MR) is 35.7 cm³/mol. The van der Waals surface area contributed by atoms with Crippen molar-refractivity contribution in [3.63, 3.8) is 0 Å². The van der Waals surface area contributed by atoms with E-state index in [1.54, 1.807) is 0 Å². The van der Waals surface area contributed by atoms with Gasteiger partial charge in [-0.1, -0.05) is 0 Å². The lowest BCUT2D eigenvalue weighted by atomic mass is 11.0. The minimum atomic E-state index is -3.25. The van der Waals surface area contributed by atoms with Crippen LogP contribution >= 0.6 is 0 Å². The third-order valence-corrected chi connectivity index (χ3v) is 2.44. The van der Waals surface area contributed by atoms with Crippen LogP contribution in [0.3, 0.4) is 0 Å². The van der Waals surface area contributed by atoms with Crippen LogP contribution in [0.2, 0.25) is 0 Å². The third-order valence-electron chi connectivity index (χ3n) is 1.05. The van der Waals surface area contributed by atoms with Crippen molar-refractivity contribution in [2.45, 2.75) is 12.1 Å². The molecule has 0 spiro atoms. The highest BCUT2D eigenvalue weighted by Crippen LogP contribution is 2.04. The monoisotopic (exact) mass is 159 g/mol. The van der Waals surface area contributed by atoms with Gasteiger partial charge in [-0.3, -0.25) is 0 Å². The maximum atomic E-state index is 10.9. The zero-order chi connectivity index (χ0) is 7.61. The molecular weight excluding hydrogens is 152 g/mol. The molecule has 0 unspecified atom stereocenters. The van der Waals surface area contributed by atoms with Gasteiger partial charge in [0.15, 0.2) is 0 Å². The van der Waals surface area contributed by atoms with Gasteiger partial charge >= 0.3 is 0 Å². The summed E-state index contributed by atoms with van der Waals surface area (Å²) in [5.41, 5.74) is 0. The fourth-order valence-corrected chi connectivity index (χ4v) is 1.18. The first-order valence-electron chi connectivity index (χ1n) is 2.70. The summed E-state index contributed by atoms with van der Waals surface area (Å²) < 4.78 is 21.8. The minimum Gasteiger partial charge on any atom is -0.336 e. The predicted octanol–water partition coefficient (Wildman–Crippen LogP) is 0.365. The van der Waals surface area contributed by atoms with Crippen molar-refractivity contribution in [2.75, 3.05) is 0 Å². The lowest BCUT2D eigenvalue weighted by molar-refractivity contribution is 0.594. The molecule has 4 nitrogen and oxygen atoms in total. The Morgan fingerprint density at radius 1 is 1.70 bits per heavy atom. The molecule has 0 aliphatic rings. The van der Waals surface area contributed by atoms with E-state index in [1.165, 1.54) is 19.3 Å². The van der Waals surface area contributed by atoms with Crippen molar-refractivity contribution in [1.82, 2.24) is 9.97 Å². The van der Waals surface area contributed by atoms with Gasteiger partial charge in [-0.25, -0.2) is 13.4 Å². The summed E-state index contributed by atoms with van der Waals surface area (Å²) in [6.07, 6.45) is 2.87. The fraction of sp³-hybridized carbons (Fsp3) is 0.200. The van der Waals surface area contributed by atoms with Crippen molar-refractivity contribution in [3.05, 3.63) is 18.1 Å². The molecule has 0 atom stereocenters. The Balaban J connectivity index is 3.09. The molecule has 0 aromatic carbocycles. The van der Waals surface area contributed by atoms with Gasteiger partial charge in [0.05, 0.1) is 5.75 Å². The lowest BCUT2D eigenvalue weighted by Crippen LogP contribution is -2.00. The zero-order valence-electron chi connectivity index (χ0n) is 5.40. The second kappa shape index (κ2) is 2.42. The maximum Gasteiger partial charge on any atom is 0.225 e. The van der Waals surface area contributed by atoms with Crippen LogP contribution in [0.5, 0.6) is 0 Å². The van der Waals surface area contributed by atoms with Crippen LogP contribution in [0.4, 0.5) is 0 Å². The van der Waals surface area contributed by atoms with E-state index in [2.05, 4.69) is 9.97 Å². The average Bonchev–Trinajstić information content (AvgIpc) is 2.38. The highest BCUT2D eigenvalue weighted by Gasteiger charge is 2.12. The summed E-state index contributed by atoms with van der Waals surface area (Å²) in [4.78, 5) is 6.08. The molecule has 0 amide bonds. The molecule has 0 saturated heterocycles. The number of rotatable bonds is 2. The summed E-state index contributed by atoms with van der Waals surface area (Å²) in [6.45, 7) is 1.46. The van der Waals surface area contributed by atoms with Crippen LogP contribution in [0.25, 0.3) is 0 Å². The number of imidazole rings is 1. The van der Waals surface area contributed by atoms with Gasteiger partial charge in [-0.2, -0.15) is 0 Å². The summed E-state index contributed by atoms with van der Waals surface area (Å²) in [5.74, 6) is 1.10. The van der Waals surface area contributed by atoms with E-state index in [0.29, 0.717) is 0 Å². The summed E-state index contributed by atoms with van der Waals surface area (Å²) >= 11 is 0. The van der Waals surface area contributed by atoms with E-state index >= 15 is 0 Å². The Morgan fingerprint density at radius 3 is 2.80 bits per heavy atom. The van der Waals surface area contributed by atoms with Crippen LogP contribution in [0, 0.1) is 5.75 Å². The Bertz CT molecular complexity index is 287. The van der Waals surface area contributed by atoms with Crippen molar-refractivity contribution < 1.29 is 8.42 Å². The summed E-state index contributed by atoms with van der Waals surface area (Å²) in [5, 5.41) is -0.00463. The third kappa shape index (κ3) is 1.18. The molecule has 0 saturated carbocycles. The normalized spacial score (nSPS) is 11.7. The zero-order valence-corrected chi connectivity index (χ0v) is 6.22. The standard InChI is InChI=1S/C5H7N2O2S/c1-2-10(8,9)5-6-3-4-7-5/h2-4H,1H3,(H,6,7). The van der Waals surface area contributed by atoms with Crippen molar-refractivity contribution in [3.8, 4) is 0 Å². The molecule has 55 valence electrons. The fourth-order valence-electron chi connectivity index (χ4n) is 0.518. The number of nitrogens with one attached hydrogen (secondary N) is 1. The first-order valence-corrected chi connectivity index (χ1v) is 4.25. The maximum absolute atomic E-state index is 10.9. The van der Waals surface area contributed by atoms with E-state index in [9.17, 15) is 8.42 Å². The molecule has 10 heavy (non-hydrogen) atoms. The molecule has 1 radical (unpaired) electrons. The van der Waals surface area contributed by atoms with Crippen LogP contribution in [-0.2, 0) is 9.84 Å². The highest BCUT2D eigenvalue weighted by molar-refractivity contribution is 7.93. The summed E-state index contributed by atoms with van der Waals surface area (Å²) in [6, 6.07) is 0. The van der Waals surface area contributed by atoms with E-state index in [1.807, 2.05) is 0 Å². The minimum absolute atomic E-state index is 0.00463. The number of sulfone groups is 1. The second-order valence-corrected chi connectivity index (χ2v) is 3.62. The van der Waals surface area contributed by atoms with Crippen LogP contribution in [0.1, 0.15) is 6.92 Å².